The molecule has 102 valence electrons. The molecule has 20 heavy (non-hydrogen) atoms. The second-order valence-corrected chi connectivity index (χ2v) is 4.75. The molecule has 0 saturated heterocycles. The first kappa shape index (κ1) is 12.4. The van der Waals surface area contributed by atoms with Crippen LogP contribution in [0.3, 0.4) is 0 Å². The highest BCUT2D eigenvalue weighted by Crippen LogP contribution is 2.19. The average molecular weight is 270 g/mol. The van der Waals surface area contributed by atoms with Gasteiger partial charge in [0.2, 0.25) is 0 Å². The molecule has 0 bridgehead atoms. The van der Waals surface area contributed by atoms with Gasteiger partial charge in [-0.3, -0.25) is 9.36 Å². The van der Waals surface area contributed by atoms with Crippen LogP contribution < -0.4 is 11.2 Å². The summed E-state index contributed by atoms with van der Waals surface area (Å²) in [6.45, 7) is 1.76. The first-order chi connectivity index (χ1) is 9.52. The van der Waals surface area contributed by atoms with Crippen molar-refractivity contribution in [3.8, 4) is 11.3 Å². The van der Waals surface area contributed by atoms with E-state index in [1.807, 2.05) is 24.3 Å². The summed E-state index contributed by atoms with van der Waals surface area (Å²) in [7, 11) is 3.14. The Hall–Kier alpha value is -2.63. The summed E-state index contributed by atoms with van der Waals surface area (Å²) < 4.78 is 4.29. The normalized spacial score (nSPS) is 11.2. The van der Waals surface area contributed by atoms with E-state index in [2.05, 4.69) is 5.10 Å². The van der Waals surface area contributed by atoms with Gasteiger partial charge in [0.15, 0.2) is 0 Å². The Bertz CT molecular complexity index is 930. The van der Waals surface area contributed by atoms with E-state index in [4.69, 9.17) is 0 Å². The van der Waals surface area contributed by atoms with Crippen LogP contribution in [0.1, 0.15) is 5.69 Å². The Balaban J connectivity index is 2.50. The lowest BCUT2D eigenvalue weighted by atomic mass is 10.1. The fourth-order valence-electron chi connectivity index (χ4n) is 2.38. The standard InChI is InChI=1S/C14H14N4O2/c1-9-12(13(19)17(3)14(20)16(9)2)11-6-4-5-10-7-8-15-18(10)11/h4-8H,1-3H3. The summed E-state index contributed by atoms with van der Waals surface area (Å²) in [5, 5.41) is 4.24. The molecule has 0 aliphatic carbocycles. The predicted octanol–water partition coefficient (Wildman–Crippen LogP) is 0.707. The molecule has 0 saturated carbocycles. The van der Waals surface area contributed by atoms with Crippen molar-refractivity contribution in [2.45, 2.75) is 6.92 Å². The van der Waals surface area contributed by atoms with E-state index in [1.54, 1.807) is 24.7 Å². The molecule has 3 heterocycles. The van der Waals surface area contributed by atoms with Crippen LogP contribution >= 0.6 is 0 Å². The molecular weight excluding hydrogens is 256 g/mol. The maximum Gasteiger partial charge on any atom is 0.330 e. The molecule has 0 amide bonds. The van der Waals surface area contributed by atoms with Crippen LogP contribution in [0.25, 0.3) is 16.8 Å². The fourth-order valence-corrected chi connectivity index (χ4v) is 2.38. The molecule has 0 aliphatic rings. The van der Waals surface area contributed by atoms with Crippen LogP contribution in [0.2, 0.25) is 0 Å². The van der Waals surface area contributed by atoms with Gasteiger partial charge >= 0.3 is 5.69 Å². The van der Waals surface area contributed by atoms with E-state index in [0.717, 1.165) is 10.1 Å². The van der Waals surface area contributed by atoms with Crippen molar-refractivity contribution in [3.05, 3.63) is 57.0 Å². The van der Waals surface area contributed by atoms with Crippen molar-refractivity contribution in [1.82, 2.24) is 18.7 Å². The van der Waals surface area contributed by atoms with Gasteiger partial charge in [0.1, 0.15) is 0 Å². The maximum atomic E-state index is 12.4. The van der Waals surface area contributed by atoms with Gasteiger partial charge in [0.05, 0.1) is 23.0 Å². The van der Waals surface area contributed by atoms with E-state index < -0.39 is 0 Å². The number of nitrogens with zero attached hydrogens (tertiary/aromatic N) is 4. The van der Waals surface area contributed by atoms with Crippen molar-refractivity contribution in [2.24, 2.45) is 14.1 Å². The zero-order valence-corrected chi connectivity index (χ0v) is 11.5. The highest BCUT2D eigenvalue weighted by Gasteiger charge is 2.16. The Morgan fingerprint density at radius 3 is 2.55 bits per heavy atom. The molecule has 6 heteroatoms. The van der Waals surface area contributed by atoms with Crippen LogP contribution in [0.5, 0.6) is 0 Å². The van der Waals surface area contributed by atoms with Gasteiger partial charge in [-0.15, -0.1) is 0 Å². The highest BCUT2D eigenvalue weighted by atomic mass is 16.2. The Labute approximate surface area is 114 Å². The molecule has 0 aliphatic heterocycles. The largest absolute Gasteiger partial charge is 0.330 e. The minimum absolute atomic E-state index is 0.311. The fraction of sp³-hybridized carbons (Fsp3) is 0.214. The Kier molecular flexibility index (Phi) is 2.60. The van der Waals surface area contributed by atoms with Gasteiger partial charge in [-0.05, 0) is 25.1 Å². The summed E-state index contributed by atoms with van der Waals surface area (Å²) in [6.07, 6.45) is 1.68. The monoisotopic (exact) mass is 270 g/mol. The maximum absolute atomic E-state index is 12.4. The number of fused-ring (bicyclic) bond motifs is 1. The summed E-state index contributed by atoms with van der Waals surface area (Å²) in [6, 6.07) is 7.48. The van der Waals surface area contributed by atoms with Crippen LogP contribution in [0.4, 0.5) is 0 Å². The molecule has 0 N–H and O–H groups in total. The van der Waals surface area contributed by atoms with Crippen molar-refractivity contribution in [3.63, 3.8) is 0 Å². The Morgan fingerprint density at radius 2 is 1.80 bits per heavy atom. The zero-order valence-electron chi connectivity index (χ0n) is 11.5. The molecule has 0 fully saturated rings. The van der Waals surface area contributed by atoms with Crippen LogP contribution in [0, 0.1) is 6.92 Å². The molecule has 3 rings (SSSR count). The minimum Gasteiger partial charge on any atom is -0.300 e. The van der Waals surface area contributed by atoms with Crippen LogP contribution in [-0.2, 0) is 14.1 Å². The first-order valence-electron chi connectivity index (χ1n) is 6.22. The molecule has 0 radical (unpaired) electrons. The quantitative estimate of drug-likeness (QED) is 0.654. The van der Waals surface area contributed by atoms with E-state index >= 15 is 0 Å². The molecule has 0 unspecified atom stereocenters. The highest BCUT2D eigenvalue weighted by molar-refractivity contribution is 5.65. The summed E-state index contributed by atoms with van der Waals surface area (Å²) in [5.41, 5.74) is 2.06. The van der Waals surface area contributed by atoms with Crippen molar-refractivity contribution in [2.75, 3.05) is 0 Å². The third-order valence-electron chi connectivity index (χ3n) is 3.63. The lowest BCUT2D eigenvalue weighted by Crippen LogP contribution is -2.39. The molecule has 3 aromatic rings. The lowest BCUT2D eigenvalue weighted by Gasteiger charge is -2.12. The van der Waals surface area contributed by atoms with Gasteiger partial charge in [-0.25, -0.2) is 9.31 Å². The van der Waals surface area contributed by atoms with E-state index in [9.17, 15) is 9.59 Å². The van der Waals surface area contributed by atoms with Crippen molar-refractivity contribution < 1.29 is 0 Å². The smallest absolute Gasteiger partial charge is 0.300 e. The molecule has 3 aromatic heterocycles. The van der Waals surface area contributed by atoms with E-state index in [-0.39, 0.29) is 11.2 Å². The first-order valence-corrected chi connectivity index (χ1v) is 6.22. The summed E-state index contributed by atoms with van der Waals surface area (Å²) in [4.78, 5) is 24.3. The summed E-state index contributed by atoms with van der Waals surface area (Å²) in [5.74, 6) is 0. The third-order valence-corrected chi connectivity index (χ3v) is 3.63. The SMILES string of the molecule is Cc1c(-c2cccc3ccnn23)c(=O)n(C)c(=O)n1C. The van der Waals surface area contributed by atoms with Gasteiger partial charge in [-0.2, -0.15) is 5.10 Å². The second kappa shape index (κ2) is 4.19. The van der Waals surface area contributed by atoms with Gasteiger partial charge in [-0.1, -0.05) is 6.07 Å². The number of aromatic nitrogens is 4. The van der Waals surface area contributed by atoms with Crippen molar-refractivity contribution in [1.29, 1.82) is 0 Å². The minimum atomic E-state index is -0.330. The number of hydrogen-bond donors (Lipinski definition) is 0. The summed E-state index contributed by atoms with van der Waals surface area (Å²) >= 11 is 0. The van der Waals surface area contributed by atoms with Crippen molar-refractivity contribution >= 4 is 5.52 Å². The van der Waals surface area contributed by atoms with Crippen LogP contribution in [0.15, 0.2) is 40.1 Å². The third kappa shape index (κ3) is 1.54. The topological polar surface area (TPSA) is 61.3 Å². The van der Waals surface area contributed by atoms with Crippen LogP contribution in [-0.4, -0.2) is 18.7 Å². The molecule has 6 nitrogen and oxygen atoms in total. The number of hydrogen-bond acceptors (Lipinski definition) is 3. The zero-order chi connectivity index (χ0) is 14.4. The lowest BCUT2D eigenvalue weighted by molar-refractivity contribution is 0.669. The molecular formula is C14H14N4O2. The second-order valence-electron chi connectivity index (χ2n) is 4.75. The number of pyridine rings is 1. The molecule has 0 spiro atoms. The van der Waals surface area contributed by atoms with Gasteiger partial charge < -0.3 is 4.57 Å². The molecule has 0 atom stereocenters. The van der Waals surface area contributed by atoms with E-state index in [0.29, 0.717) is 17.0 Å². The number of rotatable bonds is 1. The van der Waals surface area contributed by atoms with E-state index in [1.165, 1.54) is 11.6 Å². The van der Waals surface area contributed by atoms with Gasteiger partial charge in [0.25, 0.3) is 5.56 Å². The predicted molar refractivity (Wildman–Crippen MR) is 75.8 cm³/mol. The van der Waals surface area contributed by atoms with Gasteiger partial charge in [0, 0.05) is 19.8 Å². The molecule has 0 aromatic carbocycles. The Morgan fingerprint density at radius 1 is 1.05 bits per heavy atom. The average Bonchev–Trinajstić information content (AvgIpc) is 2.92.